The highest BCUT2D eigenvalue weighted by molar-refractivity contribution is 7.25. The van der Waals surface area contributed by atoms with Crippen molar-refractivity contribution in [3.8, 4) is 33.4 Å². The summed E-state index contributed by atoms with van der Waals surface area (Å²) in [6, 6.07) is 79.1. The maximum atomic E-state index is 2.48. The lowest BCUT2D eigenvalue weighted by Crippen LogP contribution is -2.28. The highest BCUT2D eigenvalue weighted by atomic mass is 32.1. The number of fused-ring (bicyclic) bond motifs is 9. The quantitative estimate of drug-likeness (QED) is 0.162. The molecule has 0 unspecified atom stereocenters. The highest BCUT2D eigenvalue weighted by Gasteiger charge is 2.46. The van der Waals surface area contributed by atoms with E-state index in [-0.39, 0.29) is 5.41 Å². The molecule has 2 aliphatic carbocycles. The Morgan fingerprint density at radius 2 is 0.917 bits per heavy atom. The molecule has 9 aromatic carbocycles. The average molecular weight is 784 g/mol. The largest absolute Gasteiger partial charge is 0.310 e. The van der Waals surface area contributed by atoms with E-state index in [4.69, 9.17) is 0 Å². The van der Waals surface area contributed by atoms with Crippen LogP contribution >= 0.6 is 11.3 Å². The van der Waals surface area contributed by atoms with Crippen LogP contribution in [0.25, 0.3) is 53.6 Å². The molecule has 0 spiro atoms. The normalized spacial score (nSPS) is 14.1. The Hall–Kier alpha value is -7.00. The molecule has 284 valence electrons. The molecule has 1 nitrogen and oxygen atoms in total. The van der Waals surface area contributed by atoms with E-state index in [1.807, 2.05) is 11.3 Å². The van der Waals surface area contributed by atoms with Crippen LogP contribution in [0.4, 0.5) is 17.1 Å². The second-order valence-corrected chi connectivity index (χ2v) is 17.9. The molecule has 2 heteroatoms. The van der Waals surface area contributed by atoms with Gasteiger partial charge in [-0.1, -0.05) is 190 Å². The summed E-state index contributed by atoms with van der Waals surface area (Å²) in [5, 5.41) is 2.58. The van der Waals surface area contributed by atoms with Gasteiger partial charge in [-0.3, -0.25) is 0 Å². The Morgan fingerprint density at radius 3 is 1.62 bits per heavy atom. The number of hydrogen-bond donors (Lipinski definition) is 0. The first-order valence-electron chi connectivity index (χ1n) is 20.9. The van der Waals surface area contributed by atoms with Gasteiger partial charge in [0.2, 0.25) is 0 Å². The van der Waals surface area contributed by atoms with Gasteiger partial charge in [-0.25, -0.2) is 0 Å². The van der Waals surface area contributed by atoms with Gasteiger partial charge in [-0.05, 0) is 97.6 Å². The molecule has 0 saturated carbocycles. The fraction of sp³-hybridized carbons (Fsp3) is 0.0690. The summed E-state index contributed by atoms with van der Waals surface area (Å²) in [5.41, 5.74) is 18.7. The molecule has 2 aliphatic rings. The first-order valence-corrected chi connectivity index (χ1v) is 21.7. The molecule has 1 heterocycles. The van der Waals surface area contributed by atoms with Crippen molar-refractivity contribution in [1.82, 2.24) is 0 Å². The van der Waals surface area contributed by atoms with Gasteiger partial charge in [0, 0.05) is 42.5 Å². The lowest BCUT2D eigenvalue weighted by atomic mass is 9.67. The minimum Gasteiger partial charge on any atom is -0.310 e. The minimum atomic E-state index is -0.426. The van der Waals surface area contributed by atoms with E-state index in [1.54, 1.807) is 0 Å². The number of benzene rings is 9. The molecule has 10 aromatic rings. The molecule has 0 radical (unpaired) electrons. The van der Waals surface area contributed by atoms with Crippen LogP contribution < -0.4 is 4.90 Å². The summed E-state index contributed by atoms with van der Waals surface area (Å²) in [4.78, 5) is 2.48. The van der Waals surface area contributed by atoms with Crippen LogP contribution in [0.1, 0.15) is 47.2 Å². The Balaban J connectivity index is 1.05. The van der Waals surface area contributed by atoms with Crippen LogP contribution in [0.5, 0.6) is 0 Å². The highest BCUT2D eigenvalue weighted by Crippen LogP contribution is 2.57. The topological polar surface area (TPSA) is 3.24 Å². The van der Waals surface area contributed by atoms with Crippen molar-refractivity contribution >= 4 is 48.6 Å². The van der Waals surface area contributed by atoms with Crippen molar-refractivity contribution in [3.63, 3.8) is 0 Å². The summed E-state index contributed by atoms with van der Waals surface area (Å²) in [6.45, 7) is 4.73. The van der Waals surface area contributed by atoms with E-state index < -0.39 is 5.41 Å². The van der Waals surface area contributed by atoms with Crippen molar-refractivity contribution in [2.24, 2.45) is 0 Å². The number of nitrogens with zero attached hydrogens (tertiary/aromatic N) is 1. The lowest BCUT2D eigenvalue weighted by molar-refractivity contribution is 0.660. The van der Waals surface area contributed by atoms with Crippen LogP contribution in [-0.4, -0.2) is 0 Å². The number of anilines is 3. The van der Waals surface area contributed by atoms with Crippen LogP contribution in [0.2, 0.25) is 0 Å². The van der Waals surface area contributed by atoms with E-state index in [1.165, 1.54) is 92.6 Å². The zero-order chi connectivity index (χ0) is 40.0. The fourth-order valence-electron chi connectivity index (χ4n) is 10.6. The zero-order valence-electron chi connectivity index (χ0n) is 33.6. The van der Waals surface area contributed by atoms with E-state index >= 15 is 0 Å². The van der Waals surface area contributed by atoms with Crippen molar-refractivity contribution in [2.45, 2.75) is 24.7 Å². The smallest absolute Gasteiger partial charge is 0.0714 e. The van der Waals surface area contributed by atoms with Gasteiger partial charge in [-0.15, -0.1) is 11.3 Å². The van der Waals surface area contributed by atoms with Gasteiger partial charge in [0.15, 0.2) is 0 Å². The molecular formula is C58H41NS. The monoisotopic (exact) mass is 783 g/mol. The van der Waals surface area contributed by atoms with Crippen molar-refractivity contribution in [2.75, 3.05) is 4.90 Å². The molecule has 0 aliphatic heterocycles. The van der Waals surface area contributed by atoms with Gasteiger partial charge in [0.1, 0.15) is 0 Å². The van der Waals surface area contributed by atoms with Gasteiger partial charge in [0.25, 0.3) is 0 Å². The first-order chi connectivity index (χ1) is 29.5. The van der Waals surface area contributed by atoms with Crippen molar-refractivity contribution < 1.29 is 0 Å². The zero-order valence-corrected chi connectivity index (χ0v) is 34.4. The number of hydrogen-bond acceptors (Lipinski definition) is 2. The van der Waals surface area contributed by atoms with E-state index in [0.29, 0.717) is 0 Å². The standard InChI is InChI=1S/C58H41NS/c1-57(2)49-23-12-11-22-48(49)56-52(57)26-15-27-53(56)59(42-31-28-39(29-32-42)38-16-5-3-6-17-38)43-33-35-47-46-34-30-41(36-54(46)60-55(47)37-43)58(40-18-7-4-8-19-40)50-24-13-9-20-44(50)45-21-10-14-25-51(45)58/h3-37H,1-2H3. The second-order valence-electron chi connectivity index (χ2n) is 16.8. The molecule has 0 amide bonds. The molecule has 0 atom stereocenters. The third-order valence-electron chi connectivity index (χ3n) is 13.4. The lowest BCUT2D eigenvalue weighted by Gasteiger charge is -2.33. The number of rotatable bonds is 6. The Bertz CT molecular complexity index is 3240. The summed E-state index contributed by atoms with van der Waals surface area (Å²) in [5.74, 6) is 0. The molecule has 0 N–H and O–H groups in total. The molecule has 1 aromatic heterocycles. The molecular weight excluding hydrogens is 743 g/mol. The predicted molar refractivity (Wildman–Crippen MR) is 254 cm³/mol. The Kier molecular flexibility index (Phi) is 7.73. The molecule has 60 heavy (non-hydrogen) atoms. The van der Waals surface area contributed by atoms with Crippen LogP contribution in [0.3, 0.4) is 0 Å². The van der Waals surface area contributed by atoms with Crippen LogP contribution in [0.15, 0.2) is 212 Å². The summed E-state index contributed by atoms with van der Waals surface area (Å²) >= 11 is 1.90. The maximum Gasteiger partial charge on any atom is 0.0714 e. The maximum absolute atomic E-state index is 2.48. The van der Waals surface area contributed by atoms with Crippen molar-refractivity contribution in [3.05, 3.63) is 246 Å². The second kappa shape index (κ2) is 13.3. The van der Waals surface area contributed by atoms with Crippen LogP contribution in [0, 0.1) is 0 Å². The van der Waals surface area contributed by atoms with Gasteiger partial charge in [-0.2, -0.15) is 0 Å². The summed E-state index contributed by atoms with van der Waals surface area (Å²) < 4.78 is 2.58. The van der Waals surface area contributed by atoms with Gasteiger partial charge < -0.3 is 4.90 Å². The molecule has 0 bridgehead atoms. The molecule has 0 fully saturated rings. The third kappa shape index (κ3) is 4.98. The summed E-state index contributed by atoms with van der Waals surface area (Å²) in [6.07, 6.45) is 0. The Labute approximate surface area is 355 Å². The Morgan fingerprint density at radius 1 is 0.383 bits per heavy atom. The third-order valence-corrected chi connectivity index (χ3v) is 14.5. The number of thiophene rings is 1. The summed E-state index contributed by atoms with van der Waals surface area (Å²) in [7, 11) is 0. The average Bonchev–Trinajstić information content (AvgIpc) is 3.91. The predicted octanol–water partition coefficient (Wildman–Crippen LogP) is 15.9. The first kappa shape index (κ1) is 35.0. The van der Waals surface area contributed by atoms with Gasteiger partial charge >= 0.3 is 0 Å². The minimum absolute atomic E-state index is 0.102. The SMILES string of the molecule is CC1(C)c2ccccc2-c2c(N(c3ccc(-c4ccccc4)cc3)c3ccc4c(c3)sc3cc(C5(c6ccccc6)c6ccccc6-c6ccccc65)ccc34)cccc21. The van der Waals surface area contributed by atoms with Crippen LogP contribution in [-0.2, 0) is 10.8 Å². The van der Waals surface area contributed by atoms with Crippen molar-refractivity contribution in [1.29, 1.82) is 0 Å². The van der Waals surface area contributed by atoms with E-state index in [2.05, 4.69) is 231 Å². The van der Waals surface area contributed by atoms with E-state index in [0.717, 1.165) is 11.4 Å². The van der Waals surface area contributed by atoms with Gasteiger partial charge in [0.05, 0.1) is 11.1 Å². The molecule has 12 rings (SSSR count). The molecule has 0 saturated heterocycles. The van der Waals surface area contributed by atoms with E-state index in [9.17, 15) is 0 Å². The fourth-order valence-corrected chi connectivity index (χ4v) is 11.8.